The van der Waals surface area contributed by atoms with Crippen LogP contribution in [0, 0.1) is 18.8 Å². The van der Waals surface area contributed by atoms with Gasteiger partial charge in [-0.15, -0.1) is 11.8 Å². The van der Waals surface area contributed by atoms with E-state index in [1.807, 2.05) is 31.2 Å². The van der Waals surface area contributed by atoms with Gasteiger partial charge < -0.3 is 11.1 Å². The molecule has 3 nitrogen and oxygen atoms in total. The molecule has 1 unspecified atom stereocenters. The molecule has 1 aromatic rings. The number of nitrogens with one attached hydrogen (secondary N) is 1. The zero-order chi connectivity index (χ0) is 12.7. The molecule has 0 fully saturated rings. The first-order chi connectivity index (χ1) is 8.15. The molecular formula is C14H18N2O. The van der Waals surface area contributed by atoms with Gasteiger partial charge in [-0.05, 0) is 19.4 Å². The molecule has 0 aliphatic rings. The van der Waals surface area contributed by atoms with Gasteiger partial charge in [-0.1, -0.05) is 29.8 Å². The van der Waals surface area contributed by atoms with E-state index in [0.717, 1.165) is 11.1 Å². The minimum absolute atomic E-state index is 0.160. The van der Waals surface area contributed by atoms with Gasteiger partial charge in [0.25, 0.3) is 0 Å². The summed E-state index contributed by atoms with van der Waals surface area (Å²) in [7, 11) is 0. The lowest BCUT2D eigenvalue weighted by Gasteiger charge is -2.12. The number of nitrogens with two attached hydrogens (primary N) is 1. The van der Waals surface area contributed by atoms with Crippen LogP contribution >= 0.6 is 0 Å². The summed E-state index contributed by atoms with van der Waals surface area (Å²) in [5.41, 5.74) is 7.84. The Morgan fingerprint density at radius 1 is 1.41 bits per heavy atom. The first-order valence-corrected chi connectivity index (χ1v) is 5.64. The number of hydrogen-bond acceptors (Lipinski definition) is 2. The van der Waals surface area contributed by atoms with E-state index in [-0.39, 0.29) is 5.91 Å². The molecule has 3 N–H and O–H groups in total. The number of carbonyl (C=O) groups is 1. The standard InChI is InChI=1S/C14H18N2O/c1-3-4-5-10-16-14(17)13(15)12-8-6-11(2)7-9-12/h6-9,13H,5,10,15H2,1-2H3,(H,16,17). The highest BCUT2D eigenvalue weighted by atomic mass is 16.2. The SMILES string of the molecule is CC#CCCNC(=O)C(N)c1ccc(C)cc1. The molecule has 0 heterocycles. The Balaban J connectivity index is 2.50. The van der Waals surface area contributed by atoms with Crippen LogP contribution in [-0.4, -0.2) is 12.5 Å². The van der Waals surface area contributed by atoms with Gasteiger partial charge in [0.1, 0.15) is 6.04 Å². The average molecular weight is 230 g/mol. The fourth-order valence-corrected chi connectivity index (χ4v) is 1.41. The Kier molecular flexibility index (Phi) is 5.25. The molecule has 3 heteroatoms. The third-order valence-corrected chi connectivity index (χ3v) is 2.44. The molecule has 17 heavy (non-hydrogen) atoms. The number of hydrogen-bond donors (Lipinski definition) is 2. The lowest BCUT2D eigenvalue weighted by atomic mass is 10.1. The maximum absolute atomic E-state index is 11.7. The molecule has 0 saturated heterocycles. The summed E-state index contributed by atoms with van der Waals surface area (Å²) in [6.07, 6.45) is 0.656. The van der Waals surface area contributed by atoms with Crippen molar-refractivity contribution in [1.82, 2.24) is 5.32 Å². The summed E-state index contributed by atoms with van der Waals surface area (Å²) in [5, 5.41) is 2.76. The smallest absolute Gasteiger partial charge is 0.241 e. The molecule has 1 amide bonds. The van der Waals surface area contributed by atoms with Crippen LogP contribution < -0.4 is 11.1 Å². The van der Waals surface area contributed by atoms with E-state index in [4.69, 9.17) is 5.73 Å². The van der Waals surface area contributed by atoms with Gasteiger partial charge in [-0.25, -0.2) is 0 Å². The average Bonchev–Trinajstić information content (AvgIpc) is 2.34. The summed E-state index contributed by atoms with van der Waals surface area (Å²) in [5.74, 6) is 5.50. The molecule has 1 aromatic carbocycles. The fourth-order valence-electron chi connectivity index (χ4n) is 1.41. The third-order valence-electron chi connectivity index (χ3n) is 2.44. The first kappa shape index (κ1) is 13.3. The van der Waals surface area contributed by atoms with Crippen LogP contribution in [-0.2, 0) is 4.79 Å². The molecule has 0 aromatic heterocycles. The van der Waals surface area contributed by atoms with Crippen LogP contribution in [0.15, 0.2) is 24.3 Å². The number of amides is 1. The number of rotatable bonds is 4. The zero-order valence-corrected chi connectivity index (χ0v) is 10.3. The summed E-state index contributed by atoms with van der Waals surface area (Å²) in [6.45, 7) is 4.32. The minimum atomic E-state index is -0.606. The number of aryl methyl sites for hydroxylation is 1. The fraction of sp³-hybridized carbons (Fsp3) is 0.357. The molecule has 1 atom stereocenters. The maximum atomic E-state index is 11.7. The highest BCUT2D eigenvalue weighted by molar-refractivity contribution is 5.82. The molecule has 0 bridgehead atoms. The molecule has 1 rings (SSSR count). The van der Waals surface area contributed by atoms with Crippen LogP contribution in [0.5, 0.6) is 0 Å². The summed E-state index contributed by atoms with van der Waals surface area (Å²) < 4.78 is 0. The molecule has 0 spiro atoms. The van der Waals surface area contributed by atoms with Crippen LogP contribution in [0.25, 0.3) is 0 Å². The van der Waals surface area contributed by atoms with Crippen LogP contribution in [0.1, 0.15) is 30.5 Å². The Labute approximate surface area is 102 Å². The van der Waals surface area contributed by atoms with Crippen molar-refractivity contribution in [3.8, 4) is 11.8 Å². The second kappa shape index (κ2) is 6.72. The van der Waals surface area contributed by atoms with Gasteiger partial charge in [-0.3, -0.25) is 4.79 Å². The van der Waals surface area contributed by atoms with Crippen LogP contribution in [0.2, 0.25) is 0 Å². The molecule has 0 aliphatic heterocycles. The largest absolute Gasteiger partial charge is 0.353 e. The van der Waals surface area contributed by atoms with Crippen molar-refractivity contribution >= 4 is 5.91 Å². The van der Waals surface area contributed by atoms with Gasteiger partial charge in [0.05, 0.1) is 0 Å². The monoisotopic (exact) mass is 230 g/mol. The Morgan fingerprint density at radius 2 is 2.06 bits per heavy atom. The van der Waals surface area contributed by atoms with E-state index in [9.17, 15) is 4.79 Å². The van der Waals surface area contributed by atoms with Gasteiger partial charge in [0.2, 0.25) is 5.91 Å². The molecule has 90 valence electrons. The number of benzene rings is 1. The van der Waals surface area contributed by atoms with Crippen LogP contribution in [0.4, 0.5) is 0 Å². The Bertz CT molecular complexity index is 426. The van der Waals surface area contributed by atoms with Gasteiger partial charge in [0, 0.05) is 13.0 Å². The number of carbonyl (C=O) groups excluding carboxylic acids is 1. The Morgan fingerprint density at radius 3 is 2.65 bits per heavy atom. The van der Waals surface area contributed by atoms with E-state index in [1.165, 1.54) is 0 Å². The molecule has 0 saturated carbocycles. The quantitative estimate of drug-likeness (QED) is 0.608. The van der Waals surface area contributed by atoms with Crippen molar-refractivity contribution in [3.63, 3.8) is 0 Å². The Hall–Kier alpha value is -1.79. The predicted octanol–water partition coefficient (Wildman–Crippen LogP) is 1.52. The lowest BCUT2D eigenvalue weighted by Crippen LogP contribution is -2.34. The van der Waals surface area contributed by atoms with E-state index in [0.29, 0.717) is 13.0 Å². The van der Waals surface area contributed by atoms with Gasteiger partial charge in [0.15, 0.2) is 0 Å². The molecule has 0 aliphatic carbocycles. The van der Waals surface area contributed by atoms with Crippen molar-refractivity contribution in [2.24, 2.45) is 5.73 Å². The van der Waals surface area contributed by atoms with E-state index in [2.05, 4.69) is 17.2 Å². The highest BCUT2D eigenvalue weighted by Crippen LogP contribution is 2.11. The molecule has 0 radical (unpaired) electrons. The summed E-state index contributed by atoms with van der Waals surface area (Å²) >= 11 is 0. The van der Waals surface area contributed by atoms with E-state index < -0.39 is 6.04 Å². The van der Waals surface area contributed by atoms with Crippen molar-refractivity contribution < 1.29 is 4.79 Å². The second-order valence-corrected chi connectivity index (χ2v) is 3.86. The van der Waals surface area contributed by atoms with Crippen molar-refractivity contribution in [2.75, 3.05) is 6.54 Å². The van der Waals surface area contributed by atoms with E-state index >= 15 is 0 Å². The van der Waals surface area contributed by atoms with Crippen molar-refractivity contribution in [3.05, 3.63) is 35.4 Å². The zero-order valence-electron chi connectivity index (χ0n) is 10.3. The van der Waals surface area contributed by atoms with Gasteiger partial charge >= 0.3 is 0 Å². The minimum Gasteiger partial charge on any atom is -0.353 e. The summed E-state index contributed by atoms with van der Waals surface area (Å²) in [6, 6.07) is 7.05. The van der Waals surface area contributed by atoms with Gasteiger partial charge in [-0.2, -0.15) is 0 Å². The van der Waals surface area contributed by atoms with Crippen LogP contribution in [0.3, 0.4) is 0 Å². The van der Waals surface area contributed by atoms with Crippen molar-refractivity contribution in [1.29, 1.82) is 0 Å². The summed E-state index contributed by atoms with van der Waals surface area (Å²) in [4.78, 5) is 11.7. The second-order valence-electron chi connectivity index (χ2n) is 3.86. The molecular weight excluding hydrogens is 212 g/mol. The van der Waals surface area contributed by atoms with Crippen molar-refractivity contribution in [2.45, 2.75) is 26.3 Å². The normalized spacial score (nSPS) is 11.2. The highest BCUT2D eigenvalue weighted by Gasteiger charge is 2.14. The first-order valence-electron chi connectivity index (χ1n) is 5.64. The topological polar surface area (TPSA) is 55.1 Å². The predicted molar refractivity (Wildman–Crippen MR) is 69.2 cm³/mol. The third kappa shape index (κ3) is 4.29. The lowest BCUT2D eigenvalue weighted by molar-refractivity contribution is -0.122. The van der Waals surface area contributed by atoms with E-state index in [1.54, 1.807) is 6.92 Å². The maximum Gasteiger partial charge on any atom is 0.241 e.